The molecule has 0 radical (unpaired) electrons. The average Bonchev–Trinajstić information content (AvgIpc) is 2.11. The first-order valence-corrected chi connectivity index (χ1v) is 3.82. The van der Waals surface area contributed by atoms with Gasteiger partial charge < -0.3 is 15.1 Å². The van der Waals surface area contributed by atoms with E-state index in [1.165, 1.54) is 19.3 Å². The van der Waals surface area contributed by atoms with Crippen molar-refractivity contribution in [3.05, 3.63) is 0 Å². The van der Waals surface area contributed by atoms with Gasteiger partial charge in [0.05, 0.1) is 5.92 Å². The van der Waals surface area contributed by atoms with Crippen molar-refractivity contribution >= 4 is 23.9 Å². The van der Waals surface area contributed by atoms with Gasteiger partial charge in [0.15, 0.2) is 0 Å². The Kier molecular flexibility index (Phi) is 4.79. The highest BCUT2D eigenvalue weighted by atomic mass is 16.7. The van der Waals surface area contributed by atoms with E-state index in [2.05, 4.69) is 9.83 Å². The SMILES string of the molecule is CC(=NC(=O)O)C(C)C(=O)ONC(=O)O. The molecule has 8 nitrogen and oxygen atoms in total. The standard InChI is InChI=1S/C7H10N2O6/c1-3(4(2)8-6(11)12)5(10)15-9-7(13)14/h3,9H,1-2H3,(H,11,12)(H,13,14). The van der Waals surface area contributed by atoms with E-state index in [9.17, 15) is 14.4 Å². The number of amides is 2. The maximum Gasteiger partial charge on any atom is 0.438 e. The van der Waals surface area contributed by atoms with Gasteiger partial charge in [-0.2, -0.15) is 4.99 Å². The van der Waals surface area contributed by atoms with Gasteiger partial charge in [-0.3, -0.25) is 0 Å². The number of carbonyl (C=O) groups excluding carboxylic acids is 1. The molecule has 0 heterocycles. The molecule has 0 aromatic rings. The van der Waals surface area contributed by atoms with Crippen molar-refractivity contribution < 1.29 is 29.4 Å². The summed E-state index contributed by atoms with van der Waals surface area (Å²) in [6.45, 7) is 2.66. The quantitative estimate of drug-likeness (QED) is 0.457. The van der Waals surface area contributed by atoms with Gasteiger partial charge in [0.2, 0.25) is 0 Å². The van der Waals surface area contributed by atoms with Crippen molar-refractivity contribution in [1.29, 1.82) is 0 Å². The Balaban J connectivity index is 4.31. The predicted octanol–water partition coefficient (Wildman–Crippen LogP) is 0.487. The molecule has 0 fully saturated rings. The molecule has 15 heavy (non-hydrogen) atoms. The van der Waals surface area contributed by atoms with E-state index in [1.54, 1.807) is 0 Å². The second kappa shape index (κ2) is 5.58. The van der Waals surface area contributed by atoms with Crippen LogP contribution in [0.5, 0.6) is 0 Å². The summed E-state index contributed by atoms with van der Waals surface area (Å²) in [7, 11) is 0. The highest BCUT2D eigenvalue weighted by Crippen LogP contribution is 2.01. The first-order valence-electron chi connectivity index (χ1n) is 3.82. The number of carbonyl (C=O) groups is 3. The van der Waals surface area contributed by atoms with Crippen molar-refractivity contribution in [3.63, 3.8) is 0 Å². The van der Waals surface area contributed by atoms with Gasteiger partial charge in [0.25, 0.3) is 0 Å². The Labute approximate surface area is 84.5 Å². The fraction of sp³-hybridized carbons (Fsp3) is 0.429. The van der Waals surface area contributed by atoms with Gasteiger partial charge in [-0.25, -0.2) is 14.4 Å². The zero-order valence-electron chi connectivity index (χ0n) is 8.05. The summed E-state index contributed by atoms with van der Waals surface area (Å²) in [5.41, 5.74) is 1.41. The fourth-order valence-corrected chi connectivity index (χ4v) is 0.601. The molecule has 3 N–H and O–H groups in total. The second-order valence-corrected chi connectivity index (χ2v) is 2.59. The van der Waals surface area contributed by atoms with Crippen LogP contribution >= 0.6 is 0 Å². The van der Waals surface area contributed by atoms with E-state index in [-0.39, 0.29) is 5.71 Å². The molecule has 0 aliphatic rings. The number of hydrogen-bond acceptors (Lipinski definition) is 4. The highest BCUT2D eigenvalue weighted by molar-refractivity contribution is 6.04. The number of rotatable bonds is 2. The Morgan fingerprint density at radius 2 is 1.87 bits per heavy atom. The summed E-state index contributed by atoms with van der Waals surface area (Å²) in [6, 6.07) is 0. The Bertz CT molecular complexity index is 311. The van der Waals surface area contributed by atoms with Gasteiger partial charge in [-0.15, -0.1) is 5.48 Å². The molecule has 0 rings (SSSR count). The summed E-state index contributed by atoms with van der Waals surface area (Å²) in [6.07, 6.45) is -2.96. The number of carboxylic acid groups (broad SMARTS) is 2. The molecule has 0 bridgehead atoms. The van der Waals surface area contributed by atoms with Crippen LogP contribution in [0.2, 0.25) is 0 Å². The molecular weight excluding hydrogens is 208 g/mol. The maximum atomic E-state index is 11.0. The molecule has 0 aliphatic heterocycles. The molecule has 8 heteroatoms. The third-order valence-electron chi connectivity index (χ3n) is 1.49. The van der Waals surface area contributed by atoms with Crippen molar-refractivity contribution in [2.45, 2.75) is 13.8 Å². The van der Waals surface area contributed by atoms with E-state index in [1.807, 2.05) is 0 Å². The minimum Gasteiger partial charge on any atom is -0.463 e. The number of hydrogen-bond donors (Lipinski definition) is 3. The van der Waals surface area contributed by atoms with Crippen molar-refractivity contribution in [1.82, 2.24) is 5.48 Å². The lowest BCUT2D eigenvalue weighted by atomic mass is 10.1. The third-order valence-corrected chi connectivity index (χ3v) is 1.49. The van der Waals surface area contributed by atoms with Gasteiger partial charge in [-0.1, -0.05) is 0 Å². The molecule has 2 amide bonds. The van der Waals surface area contributed by atoms with Crippen LogP contribution in [0.15, 0.2) is 4.99 Å². The minimum absolute atomic E-state index is 0.0136. The van der Waals surface area contributed by atoms with E-state index in [4.69, 9.17) is 10.2 Å². The number of aliphatic imine (C=N–C) groups is 1. The summed E-state index contributed by atoms with van der Waals surface area (Å²) < 4.78 is 0. The monoisotopic (exact) mass is 218 g/mol. The topological polar surface area (TPSA) is 125 Å². The van der Waals surface area contributed by atoms with E-state index < -0.39 is 24.1 Å². The Morgan fingerprint density at radius 3 is 2.27 bits per heavy atom. The largest absolute Gasteiger partial charge is 0.463 e. The molecule has 0 spiro atoms. The predicted molar refractivity (Wildman–Crippen MR) is 47.6 cm³/mol. The average molecular weight is 218 g/mol. The van der Waals surface area contributed by atoms with Gasteiger partial charge in [0.1, 0.15) is 0 Å². The van der Waals surface area contributed by atoms with Crippen LogP contribution < -0.4 is 5.48 Å². The van der Waals surface area contributed by atoms with Crippen molar-refractivity contribution in [2.75, 3.05) is 0 Å². The fourth-order valence-electron chi connectivity index (χ4n) is 0.601. The summed E-state index contributed by atoms with van der Waals surface area (Å²) >= 11 is 0. The van der Waals surface area contributed by atoms with E-state index in [0.29, 0.717) is 0 Å². The molecular formula is C7H10N2O6. The number of nitrogens with one attached hydrogen (secondary N) is 1. The first-order chi connectivity index (χ1) is 6.84. The lowest BCUT2D eigenvalue weighted by molar-refractivity contribution is -0.151. The summed E-state index contributed by atoms with van der Waals surface area (Å²) in [4.78, 5) is 38.4. The van der Waals surface area contributed by atoms with Crippen LogP contribution in [0.3, 0.4) is 0 Å². The number of nitrogens with zero attached hydrogens (tertiary/aromatic N) is 1. The van der Waals surface area contributed by atoms with Crippen molar-refractivity contribution in [2.24, 2.45) is 10.9 Å². The zero-order chi connectivity index (χ0) is 12.0. The molecule has 0 saturated heterocycles. The van der Waals surface area contributed by atoms with Gasteiger partial charge in [-0.05, 0) is 13.8 Å². The molecule has 0 saturated carbocycles. The minimum atomic E-state index is -1.52. The normalized spacial score (nSPS) is 12.8. The van der Waals surface area contributed by atoms with Crippen LogP contribution in [-0.2, 0) is 9.63 Å². The molecule has 0 aromatic carbocycles. The molecule has 0 aliphatic carbocycles. The van der Waals surface area contributed by atoms with Crippen LogP contribution in [0, 0.1) is 5.92 Å². The van der Waals surface area contributed by atoms with Crippen LogP contribution in [0.4, 0.5) is 9.59 Å². The third kappa shape index (κ3) is 5.24. The lowest BCUT2D eigenvalue weighted by Gasteiger charge is -2.08. The second-order valence-electron chi connectivity index (χ2n) is 2.59. The van der Waals surface area contributed by atoms with Crippen LogP contribution in [0.25, 0.3) is 0 Å². The maximum absolute atomic E-state index is 11.0. The van der Waals surface area contributed by atoms with Crippen LogP contribution in [0.1, 0.15) is 13.8 Å². The molecule has 1 atom stereocenters. The van der Waals surface area contributed by atoms with Gasteiger partial charge in [0, 0.05) is 5.71 Å². The number of hydroxylamine groups is 1. The Morgan fingerprint density at radius 1 is 1.33 bits per heavy atom. The smallest absolute Gasteiger partial charge is 0.438 e. The molecule has 0 aromatic heterocycles. The summed E-state index contributed by atoms with van der Waals surface area (Å²) in [5.74, 6) is -1.87. The highest BCUT2D eigenvalue weighted by Gasteiger charge is 2.19. The van der Waals surface area contributed by atoms with Crippen LogP contribution in [-0.4, -0.2) is 34.1 Å². The van der Waals surface area contributed by atoms with E-state index >= 15 is 0 Å². The summed E-state index contributed by atoms with van der Waals surface area (Å²) in [5, 5.41) is 16.4. The van der Waals surface area contributed by atoms with Crippen molar-refractivity contribution in [3.8, 4) is 0 Å². The lowest BCUT2D eigenvalue weighted by Crippen LogP contribution is -2.31. The first kappa shape index (κ1) is 12.9. The molecule has 84 valence electrons. The van der Waals surface area contributed by atoms with Gasteiger partial charge >= 0.3 is 18.2 Å². The van der Waals surface area contributed by atoms with E-state index in [0.717, 1.165) is 0 Å². The Hall–Kier alpha value is -2.12. The molecule has 1 unspecified atom stereocenters. The zero-order valence-corrected chi connectivity index (χ0v) is 8.05.